The SMILES string of the molecule is CC(C)COCCCNC(=O)N1CCCCC1C. The van der Waals surface area contributed by atoms with E-state index in [1.54, 1.807) is 0 Å². The first-order valence-corrected chi connectivity index (χ1v) is 7.23. The lowest BCUT2D eigenvalue weighted by atomic mass is 10.0. The molecule has 106 valence electrons. The van der Waals surface area contributed by atoms with Crippen molar-refractivity contribution < 1.29 is 9.53 Å². The van der Waals surface area contributed by atoms with Gasteiger partial charge in [-0.2, -0.15) is 0 Å². The Balaban J connectivity index is 2.06. The van der Waals surface area contributed by atoms with Crippen molar-refractivity contribution in [3.05, 3.63) is 0 Å². The van der Waals surface area contributed by atoms with Gasteiger partial charge >= 0.3 is 6.03 Å². The molecule has 0 spiro atoms. The Morgan fingerprint density at radius 3 is 2.89 bits per heavy atom. The minimum atomic E-state index is 0.0889. The molecule has 2 amide bonds. The van der Waals surface area contributed by atoms with E-state index < -0.39 is 0 Å². The number of likely N-dealkylation sites (tertiary alicyclic amines) is 1. The molecule has 1 saturated heterocycles. The fourth-order valence-electron chi connectivity index (χ4n) is 2.19. The number of carbonyl (C=O) groups is 1. The standard InChI is InChI=1S/C14H28N2O2/c1-12(2)11-18-10-6-8-15-14(17)16-9-5-4-7-13(16)3/h12-13H,4-11H2,1-3H3,(H,15,17). The normalized spacial score (nSPS) is 20.2. The third kappa shape index (κ3) is 5.71. The van der Waals surface area contributed by atoms with Crippen LogP contribution in [0.4, 0.5) is 4.79 Å². The number of rotatable bonds is 6. The van der Waals surface area contributed by atoms with Gasteiger partial charge in [0.2, 0.25) is 0 Å². The van der Waals surface area contributed by atoms with Crippen LogP contribution in [-0.2, 0) is 4.74 Å². The summed E-state index contributed by atoms with van der Waals surface area (Å²) in [5, 5.41) is 2.98. The topological polar surface area (TPSA) is 41.6 Å². The highest BCUT2D eigenvalue weighted by molar-refractivity contribution is 5.74. The number of amides is 2. The van der Waals surface area contributed by atoms with E-state index in [1.807, 2.05) is 4.90 Å². The van der Waals surface area contributed by atoms with Crippen LogP contribution in [0.3, 0.4) is 0 Å². The first-order valence-electron chi connectivity index (χ1n) is 7.23. The smallest absolute Gasteiger partial charge is 0.317 e. The van der Waals surface area contributed by atoms with Crippen LogP contribution in [0.15, 0.2) is 0 Å². The van der Waals surface area contributed by atoms with Gasteiger partial charge in [0.05, 0.1) is 0 Å². The Morgan fingerprint density at radius 1 is 1.44 bits per heavy atom. The van der Waals surface area contributed by atoms with Gasteiger partial charge in [-0.15, -0.1) is 0 Å². The molecule has 1 heterocycles. The molecule has 0 aromatic carbocycles. The largest absolute Gasteiger partial charge is 0.381 e. The Labute approximate surface area is 111 Å². The lowest BCUT2D eigenvalue weighted by Gasteiger charge is -2.33. The summed E-state index contributed by atoms with van der Waals surface area (Å²) < 4.78 is 5.48. The molecular weight excluding hydrogens is 228 g/mol. The summed E-state index contributed by atoms with van der Waals surface area (Å²) in [5.41, 5.74) is 0. The maximum atomic E-state index is 11.9. The summed E-state index contributed by atoms with van der Waals surface area (Å²) in [7, 11) is 0. The van der Waals surface area contributed by atoms with Crippen molar-refractivity contribution in [2.24, 2.45) is 5.92 Å². The Kier molecular flexibility index (Phi) is 7.09. The number of hydrogen-bond acceptors (Lipinski definition) is 2. The van der Waals surface area contributed by atoms with Crippen LogP contribution >= 0.6 is 0 Å². The van der Waals surface area contributed by atoms with Crippen LogP contribution in [0.1, 0.15) is 46.5 Å². The number of piperidine rings is 1. The first-order chi connectivity index (χ1) is 8.61. The van der Waals surface area contributed by atoms with Gasteiger partial charge in [0, 0.05) is 32.3 Å². The summed E-state index contributed by atoms with van der Waals surface area (Å²) in [6.45, 7) is 9.55. The zero-order chi connectivity index (χ0) is 13.4. The summed E-state index contributed by atoms with van der Waals surface area (Å²) >= 11 is 0. The van der Waals surface area contributed by atoms with Crippen LogP contribution in [0, 0.1) is 5.92 Å². The molecule has 1 fully saturated rings. The van der Waals surface area contributed by atoms with Crippen molar-refractivity contribution in [3.63, 3.8) is 0 Å². The predicted octanol–water partition coefficient (Wildman–Crippen LogP) is 2.63. The van der Waals surface area contributed by atoms with Gasteiger partial charge in [0.25, 0.3) is 0 Å². The fourth-order valence-corrected chi connectivity index (χ4v) is 2.19. The van der Waals surface area contributed by atoms with Crippen LogP contribution in [0.25, 0.3) is 0 Å². The number of nitrogens with one attached hydrogen (secondary N) is 1. The molecule has 0 aliphatic carbocycles. The van der Waals surface area contributed by atoms with Crippen molar-refractivity contribution in [3.8, 4) is 0 Å². The molecule has 1 aliphatic heterocycles. The van der Waals surface area contributed by atoms with E-state index in [-0.39, 0.29) is 6.03 Å². The zero-order valence-electron chi connectivity index (χ0n) is 12.1. The molecule has 18 heavy (non-hydrogen) atoms. The average molecular weight is 256 g/mol. The van der Waals surface area contributed by atoms with Crippen LogP contribution in [0.2, 0.25) is 0 Å². The molecule has 0 aromatic heterocycles. The molecule has 1 N–H and O–H groups in total. The predicted molar refractivity (Wildman–Crippen MR) is 73.7 cm³/mol. The number of carbonyl (C=O) groups excluding carboxylic acids is 1. The van der Waals surface area contributed by atoms with Gasteiger partial charge < -0.3 is 15.0 Å². The van der Waals surface area contributed by atoms with Gasteiger partial charge in [-0.1, -0.05) is 13.8 Å². The minimum absolute atomic E-state index is 0.0889. The van der Waals surface area contributed by atoms with Gasteiger partial charge in [-0.3, -0.25) is 0 Å². The lowest BCUT2D eigenvalue weighted by molar-refractivity contribution is 0.107. The lowest BCUT2D eigenvalue weighted by Crippen LogP contribution is -2.47. The highest BCUT2D eigenvalue weighted by Gasteiger charge is 2.22. The van der Waals surface area contributed by atoms with Crippen molar-refractivity contribution in [1.29, 1.82) is 0 Å². The quantitative estimate of drug-likeness (QED) is 0.742. The van der Waals surface area contributed by atoms with E-state index in [2.05, 4.69) is 26.1 Å². The highest BCUT2D eigenvalue weighted by atomic mass is 16.5. The maximum Gasteiger partial charge on any atom is 0.317 e. The highest BCUT2D eigenvalue weighted by Crippen LogP contribution is 2.15. The first kappa shape index (κ1) is 15.3. The van der Waals surface area contributed by atoms with E-state index in [0.717, 1.165) is 39.0 Å². The van der Waals surface area contributed by atoms with Crippen molar-refractivity contribution >= 4 is 6.03 Å². The van der Waals surface area contributed by atoms with E-state index in [0.29, 0.717) is 18.5 Å². The Morgan fingerprint density at radius 2 is 2.22 bits per heavy atom. The second kappa shape index (κ2) is 8.35. The number of ether oxygens (including phenoxy) is 1. The Bertz CT molecular complexity index is 244. The molecule has 0 bridgehead atoms. The molecule has 4 nitrogen and oxygen atoms in total. The van der Waals surface area contributed by atoms with Crippen molar-refractivity contribution in [1.82, 2.24) is 10.2 Å². The summed E-state index contributed by atoms with van der Waals surface area (Å²) in [5.74, 6) is 0.578. The van der Waals surface area contributed by atoms with E-state index >= 15 is 0 Å². The molecule has 4 heteroatoms. The maximum absolute atomic E-state index is 11.9. The zero-order valence-corrected chi connectivity index (χ0v) is 12.1. The third-order valence-electron chi connectivity index (χ3n) is 3.26. The van der Waals surface area contributed by atoms with Gasteiger partial charge in [-0.25, -0.2) is 4.79 Å². The van der Waals surface area contributed by atoms with Gasteiger partial charge in [-0.05, 0) is 38.5 Å². The molecule has 1 rings (SSSR count). The fraction of sp³-hybridized carbons (Fsp3) is 0.929. The minimum Gasteiger partial charge on any atom is -0.381 e. The van der Waals surface area contributed by atoms with E-state index in [4.69, 9.17) is 4.74 Å². The van der Waals surface area contributed by atoms with Crippen LogP contribution in [-0.4, -0.2) is 43.3 Å². The summed E-state index contributed by atoms with van der Waals surface area (Å²) in [4.78, 5) is 13.9. The average Bonchev–Trinajstić information content (AvgIpc) is 2.33. The molecule has 1 aliphatic rings. The summed E-state index contributed by atoms with van der Waals surface area (Å²) in [6.07, 6.45) is 4.40. The Hall–Kier alpha value is -0.770. The van der Waals surface area contributed by atoms with Crippen LogP contribution < -0.4 is 5.32 Å². The molecule has 0 radical (unpaired) electrons. The molecule has 1 atom stereocenters. The van der Waals surface area contributed by atoms with Crippen molar-refractivity contribution in [2.45, 2.75) is 52.5 Å². The van der Waals surface area contributed by atoms with E-state index in [9.17, 15) is 4.79 Å². The molecule has 0 saturated carbocycles. The second-order valence-electron chi connectivity index (χ2n) is 5.59. The molecular formula is C14H28N2O2. The number of hydrogen-bond donors (Lipinski definition) is 1. The number of nitrogens with zero attached hydrogens (tertiary/aromatic N) is 1. The second-order valence-corrected chi connectivity index (χ2v) is 5.59. The molecule has 1 unspecified atom stereocenters. The van der Waals surface area contributed by atoms with Crippen molar-refractivity contribution in [2.75, 3.05) is 26.3 Å². The third-order valence-corrected chi connectivity index (χ3v) is 3.26. The summed E-state index contributed by atoms with van der Waals surface area (Å²) in [6, 6.07) is 0.474. The van der Waals surface area contributed by atoms with E-state index in [1.165, 1.54) is 6.42 Å². The van der Waals surface area contributed by atoms with Gasteiger partial charge in [0.1, 0.15) is 0 Å². The van der Waals surface area contributed by atoms with Gasteiger partial charge in [0.15, 0.2) is 0 Å². The number of urea groups is 1. The van der Waals surface area contributed by atoms with Crippen LogP contribution in [0.5, 0.6) is 0 Å². The monoisotopic (exact) mass is 256 g/mol. The molecule has 0 aromatic rings.